The van der Waals surface area contributed by atoms with Crippen molar-refractivity contribution in [1.82, 2.24) is 0 Å². The van der Waals surface area contributed by atoms with Gasteiger partial charge in [0.15, 0.2) is 0 Å². The van der Waals surface area contributed by atoms with Crippen LogP contribution in [0.25, 0.3) is 0 Å². The Bertz CT molecular complexity index is 564. The van der Waals surface area contributed by atoms with E-state index in [1.807, 2.05) is 0 Å². The maximum Gasteiger partial charge on any atom is 0.425 e. The highest BCUT2D eigenvalue weighted by molar-refractivity contribution is 7.59. The van der Waals surface area contributed by atoms with Gasteiger partial charge in [-0.1, -0.05) is 14.9 Å². The van der Waals surface area contributed by atoms with Gasteiger partial charge >= 0.3 is 28.9 Å². The second-order valence-corrected chi connectivity index (χ2v) is 7.76. The number of hydrogen-bond donors (Lipinski definition) is 0. The topological polar surface area (TPSA) is 77.5 Å². The Hall–Kier alpha value is -1.19. The zero-order chi connectivity index (χ0) is 18.8. The molecule has 4 rings (SSSR count). The largest absolute Gasteiger partial charge is 0.465 e. The quantitative estimate of drug-likeness (QED) is 0.489. The molecule has 5 nitrogen and oxygen atoms in total. The predicted molar refractivity (Wildman–Crippen MR) is 90.3 cm³/mol. The van der Waals surface area contributed by atoms with Crippen molar-refractivity contribution in [3.63, 3.8) is 0 Å². The Balaban J connectivity index is 0.00000103. The second kappa shape index (κ2) is 9.84. The Morgan fingerprint density at radius 2 is 1.37 bits per heavy atom. The summed E-state index contributed by atoms with van der Waals surface area (Å²) in [7, 11) is -3.11. The minimum absolute atomic E-state index is 0. The molecule has 0 amide bonds. The number of halogens is 4. The number of ether oxygens (including phenoxy) is 1. The van der Waals surface area contributed by atoms with Gasteiger partial charge in [-0.3, -0.25) is 4.79 Å². The molecule has 27 heavy (non-hydrogen) atoms. The third-order valence-electron chi connectivity index (χ3n) is 5.46. The maximum atomic E-state index is 12.8. The first-order chi connectivity index (χ1) is 11.5. The lowest BCUT2D eigenvalue weighted by Crippen LogP contribution is -2.50. The summed E-state index contributed by atoms with van der Waals surface area (Å²) in [4.78, 5) is 12.3. The van der Waals surface area contributed by atoms with Crippen molar-refractivity contribution in [2.75, 3.05) is 6.61 Å². The van der Waals surface area contributed by atoms with Crippen molar-refractivity contribution in [3.8, 4) is 0 Å². The van der Waals surface area contributed by atoms with Gasteiger partial charge in [-0.15, -0.1) is 12.6 Å². The Morgan fingerprint density at radius 1 is 1.00 bits per heavy atom. The molecule has 4 bridgehead atoms. The minimum atomic E-state index is -4.08. The van der Waals surface area contributed by atoms with Crippen molar-refractivity contribution >= 4 is 16.6 Å². The molecule has 0 aromatic heterocycles. The first-order valence-electron chi connectivity index (χ1n) is 8.14. The molecule has 0 spiro atoms. The molecule has 0 aliphatic heterocycles. The van der Waals surface area contributed by atoms with Gasteiger partial charge in [0, 0.05) is 0 Å². The molecule has 4 aliphatic rings. The monoisotopic (exact) mass is 420 g/mol. The maximum absolute atomic E-state index is 12.8. The number of hydrogen-bond acceptors (Lipinski definition) is 5. The van der Waals surface area contributed by atoms with E-state index in [1.54, 1.807) is 0 Å². The first kappa shape index (κ1) is 25.8. The van der Waals surface area contributed by atoms with E-state index in [4.69, 9.17) is 17.4 Å². The third-order valence-corrected chi connectivity index (χ3v) is 5.46. The minimum Gasteiger partial charge on any atom is -0.465 e. The molecular weight excluding hydrogens is 392 g/mol. The molecule has 0 aromatic carbocycles. The van der Waals surface area contributed by atoms with Crippen molar-refractivity contribution in [3.05, 3.63) is 0 Å². The molecule has 4 saturated carbocycles. The summed E-state index contributed by atoms with van der Waals surface area (Å²) < 4.78 is 80.0. The fraction of sp³-hybridized carbons (Fsp3) is 0.941. The van der Waals surface area contributed by atoms with Crippen LogP contribution in [0.5, 0.6) is 0 Å². The van der Waals surface area contributed by atoms with Gasteiger partial charge in [-0.2, -0.15) is 0 Å². The number of alkyl halides is 4. The van der Waals surface area contributed by atoms with Gasteiger partial charge in [-0.05, 0) is 56.3 Å². The summed E-state index contributed by atoms with van der Waals surface area (Å²) in [5, 5.41) is 0. The van der Waals surface area contributed by atoms with E-state index >= 15 is 0 Å². The van der Waals surface area contributed by atoms with Crippen molar-refractivity contribution < 1.29 is 39.7 Å². The molecular formula is C17H28F4O5S. The number of carbonyl (C=O) groups excluding carboxylic acids is 1. The molecule has 0 radical (unpaired) electrons. The normalized spacial score (nSPS) is 30.5. The molecule has 4 aliphatic carbocycles. The molecule has 4 fully saturated rings. The highest BCUT2D eigenvalue weighted by atomic mass is 32.2. The van der Waals surface area contributed by atoms with Crippen LogP contribution in [0.3, 0.4) is 0 Å². The molecule has 0 unspecified atom stereocenters. The summed E-state index contributed by atoms with van der Waals surface area (Å²) in [6.07, 6.45) is 1.01. The lowest BCUT2D eigenvalue weighted by atomic mass is 9.49. The van der Waals surface area contributed by atoms with Gasteiger partial charge in [0.05, 0.1) is 18.4 Å². The number of esters is 1. The van der Waals surface area contributed by atoms with Crippen molar-refractivity contribution in [2.24, 2.45) is 23.2 Å². The van der Waals surface area contributed by atoms with E-state index in [-0.39, 0.29) is 14.9 Å². The van der Waals surface area contributed by atoms with Crippen LogP contribution in [0, 0.1) is 23.2 Å². The van der Waals surface area contributed by atoms with Gasteiger partial charge in [-0.25, -0.2) is 17.6 Å². The lowest BCUT2D eigenvalue weighted by Gasteiger charge is -2.55. The molecule has 0 atom stereocenters. The smallest absolute Gasteiger partial charge is 0.425 e. The van der Waals surface area contributed by atoms with Crippen LogP contribution in [0.4, 0.5) is 17.6 Å². The second-order valence-electron chi connectivity index (χ2n) is 7.35. The zero-order valence-corrected chi connectivity index (χ0v) is 14.2. The summed E-state index contributed by atoms with van der Waals surface area (Å²) in [5.74, 6) is -2.88. The van der Waals surface area contributed by atoms with Crippen LogP contribution < -0.4 is 0 Å². The van der Waals surface area contributed by atoms with Gasteiger partial charge in [0.1, 0.15) is 0 Å². The van der Waals surface area contributed by atoms with Crippen LogP contribution in [0.2, 0.25) is 0 Å². The summed E-state index contributed by atoms with van der Waals surface area (Å²) in [5.41, 5.74) is -0.519. The number of rotatable bonds is 5. The highest BCUT2D eigenvalue weighted by Gasteiger charge is 2.55. The molecule has 160 valence electrons. The summed E-state index contributed by atoms with van der Waals surface area (Å²) in [6.45, 7) is -0.627. The Morgan fingerprint density at radius 3 is 1.70 bits per heavy atom. The van der Waals surface area contributed by atoms with Crippen LogP contribution >= 0.6 is 0 Å². The molecule has 0 aromatic rings. The fourth-order valence-corrected chi connectivity index (χ4v) is 4.90. The predicted octanol–water partition coefficient (Wildman–Crippen LogP) is 4.30. The van der Waals surface area contributed by atoms with Gasteiger partial charge in [0.2, 0.25) is 0 Å². The first-order valence-corrected chi connectivity index (χ1v) is 9.14. The van der Waals surface area contributed by atoms with Gasteiger partial charge in [0.25, 0.3) is 0 Å². The van der Waals surface area contributed by atoms with Crippen LogP contribution in [-0.4, -0.2) is 37.6 Å². The van der Waals surface area contributed by atoms with E-state index in [1.165, 1.54) is 0 Å². The average Bonchev–Trinajstić information content (AvgIpc) is 2.44. The van der Waals surface area contributed by atoms with Gasteiger partial charge < -0.3 is 4.74 Å². The lowest BCUT2D eigenvalue weighted by molar-refractivity contribution is -0.178. The van der Waals surface area contributed by atoms with E-state index in [0.29, 0.717) is 17.8 Å². The van der Waals surface area contributed by atoms with Crippen LogP contribution in [0.15, 0.2) is 0 Å². The van der Waals surface area contributed by atoms with E-state index in [0.717, 1.165) is 38.5 Å². The number of carbonyl (C=O) groups is 1. The molecule has 0 N–H and O–H groups in total. The summed E-state index contributed by atoms with van der Waals surface area (Å²) in [6, 6.07) is 0. The Labute approximate surface area is 158 Å². The Kier molecular flexibility index (Phi) is 9.40. The fourth-order valence-electron chi connectivity index (χ4n) is 4.90. The molecule has 0 saturated heterocycles. The highest BCUT2D eigenvalue weighted by Crippen LogP contribution is 2.60. The van der Waals surface area contributed by atoms with Crippen LogP contribution in [-0.2, 0) is 20.1 Å². The van der Waals surface area contributed by atoms with Crippen molar-refractivity contribution in [1.29, 1.82) is 0 Å². The average molecular weight is 420 g/mol. The summed E-state index contributed by atoms with van der Waals surface area (Å²) >= 11 is 0. The van der Waals surface area contributed by atoms with E-state index in [2.05, 4.69) is 0 Å². The van der Waals surface area contributed by atoms with Crippen LogP contribution in [0.1, 0.15) is 59.8 Å². The molecule has 10 heteroatoms. The SMILES string of the molecule is C.C.O=C(OCCC(F)(F)C(F)F)C12CC3CC(CC(C3)C1)C2.O=S(=O)=O. The van der Waals surface area contributed by atoms with Crippen molar-refractivity contribution in [2.45, 2.75) is 72.1 Å². The zero-order valence-electron chi connectivity index (χ0n) is 13.4. The van der Waals surface area contributed by atoms with E-state index in [9.17, 15) is 22.4 Å². The standard InChI is InChI=1S/C15H20F4O2.2CH4.O3S/c16-12(17)15(18,19)1-2-21-13(20)14-6-9-3-10(7-14)5-11(4-9)8-14;;;1-4(2)3/h9-12H,1-8H2;2*1H4;. The third kappa shape index (κ3) is 6.43. The molecule has 0 heterocycles. The van der Waals surface area contributed by atoms with E-state index < -0.39 is 47.4 Å².